The van der Waals surface area contributed by atoms with Gasteiger partial charge in [-0.1, -0.05) is 43.2 Å². The first-order valence-electron chi connectivity index (χ1n) is 21.9. The predicted molar refractivity (Wildman–Crippen MR) is 255 cm³/mol. The molecule has 3 aromatic carbocycles. The first-order chi connectivity index (χ1) is 31.5. The number of allylic oxidation sites excluding steroid dienone is 1. The molecular weight excluding hydrogens is 906 g/mol. The molecule has 346 valence electrons. The second-order valence-electron chi connectivity index (χ2n) is 18.0. The maximum absolute atomic E-state index is 14.3. The minimum absolute atomic E-state index is 0.107. The molecule has 1 amide bonds. The summed E-state index contributed by atoms with van der Waals surface area (Å²) in [5, 5.41) is 16.2. The van der Waals surface area contributed by atoms with Crippen LogP contribution in [0, 0.1) is 21.4 Å². The third-order valence-electron chi connectivity index (χ3n) is 12.9. The molecule has 0 radical (unpaired) electrons. The van der Waals surface area contributed by atoms with Gasteiger partial charge in [-0.2, -0.15) is 8.42 Å². The van der Waals surface area contributed by atoms with Gasteiger partial charge in [0.25, 0.3) is 21.6 Å². The number of nitro groups is 1. The number of sulfonamides is 2. The summed E-state index contributed by atoms with van der Waals surface area (Å²) in [4.78, 5) is 38.6. The van der Waals surface area contributed by atoms with Gasteiger partial charge in [0, 0.05) is 80.8 Å². The fourth-order valence-corrected chi connectivity index (χ4v) is 11.2. The fraction of sp³-hybridized carbons (Fsp3) is 0.370. The van der Waals surface area contributed by atoms with Crippen molar-refractivity contribution < 1.29 is 31.3 Å². The number of piperazine rings is 1. The number of aromatic nitrogens is 2. The van der Waals surface area contributed by atoms with Crippen molar-refractivity contribution in [2.75, 3.05) is 67.6 Å². The highest BCUT2D eigenvalue weighted by atomic mass is 35.5. The molecular formula is C46H50ClN9O8S2. The van der Waals surface area contributed by atoms with E-state index in [1.807, 2.05) is 12.1 Å². The highest BCUT2D eigenvalue weighted by Gasteiger charge is 2.34. The van der Waals surface area contributed by atoms with E-state index in [1.54, 1.807) is 30.5 Å². The van der Waals surface area contributed by atoms with Crippen LogP contribution in [0.4, 0.5) is 28.4 Å². The number of amides is 1. The summed E-state index contributed by atoms with van der Waals surface area (Å²) in [5.41, 5.74) is 5.01. The number of ether oxygens (including phenoxy) is 1. The van der Waals surface area contributed by atoms with Crippen molar-refractivity contribution in [3.63, 3.8) is 0 Å². The lowest BCUT2D eigenvalue weighted by molar-refractivity contribution is -0.384. The summed E-state index contributed by atoms with van der Waals surface area (Å²) < 4.78 is 65.7. The number of carbonyl (C=O) groups excluding carboxylic acids is 1. The van der Waals surface area contributed by atoms with Crippen LogP contribution in [-0.4, -0.2) is 101 Å². The Balaban J connectivity index is 1.00. The number of pyridine rings is 1. The first kappa shape index (κ1) is 45.3. The molecule has 3 aliphatic heterocycles. The Morgan fingerprint density at radius 3 is 2.50 bits per heavy atom. The third-order valence-corrected chi connectivity index (χ3v) is 15.7. The molecule has 0 unspecified atom stereocenters. The van der Waals surface area contributed by atoms with E-state index in [0.29, 0.717) is 54.6 Å². The van der Waals surface area contributed by atoms with E-state index in [9.17, 15) is 31.7 Å². The standard InChI is InChI=1S/C46H50ClN9O8S2/c1-46(2)15-11-33(38(26-46)31-3-5-34(47)6-4-31)28-53-17-19-54(20-18-53)35-7-9-37(40(24-35)55-29-50-66(62,63)45-42(55)23-32-12-16-48-43(32)51-45)44(57)52-65(60,61)36-8-10-39(41(25-36)56(58)59)49-27-30-13-21-64-22-14-30/h3-10,12,16,23-25,29-30,49H,11,13-15,17-22,26-28H2,1-2H3,(H,48,51)(H,52,57). The van der Waals surface area contributed by atoms with Crippen LogP contribution in [0.5, 0.6) is 0 Å². The number of hydrogen-bond donors (Lipinski definition) is 3. The molecule has 9 rings (SSSR count). The second kappa shape index (κ2) is 18.1. The highest BCUT2D eigenvalue weighted by Crippen LogP contribution is 2.44. The van der Waals surface area contributed by atoms with Gasteiger partial charge in [-0.15, -0.1) is 4.40 Å². The first-order valence-corrected chi connectivity index (χ1v) is 25.2. The van der Waals surface area contributed by atoms with Crippen LogP contribution in [-0.2, 0) is 24.8 Å². The van der Waals surface area contributed by atoms with Crippen LogP contribution in [0.2, 0.25) is 5.02 Å². The zero-order valence-corrected chi connectivity index (χ0v) is 38.9. The number of nitrogens with zero attached hydrogens (tertiary/aromatic N) is 6. The lowest BCUT2D eigenvalue weighted by Crippen LogP contribution is -2.47. The topological polar surface area (TPSA) is 213 Å². The highest BCUT2D eigenvalue weighted by molar-refractivity contribution is 7.90. The van der Waals surface area contributed by atoms with Crippen LogP contribution < -0.4 is 19.8 Å². The number of fused-ring (bicyclic) bond motifs is 2. The molecule has 17 nitrogen and oxygen atoms in total. The van der Waals surface area contributed by atoms with Gasteiger partial charge in [0.15, 0.2) is 0 Å². The van der Waals surface area contributed by atoms with Crippen LogP contribution in [0.1, 0.15) is 61.9 Å². The normalized spacial score (nSPS) is 18.9. The van der Waals surface area contributed by atoms with E-state index in [4.69, 9.17) is 16.3 Å². The lowest BCUT2D eigenvalue weighted by Gasteiger charge is -2.39. The third kappa shape index (κ3) is 9.53. The summed E-state index contributed by atoms with van der Waals surface area (Å²) in [7, 11) is -8.93. The number of carbonyl (C=O) groups is 1. The number of benzene rings is 3. The van der Waals surface area contributed by atoms with Crippen molar-refractivity contribution in [3.8, 4) is 0 Å². The molecule has 1 aliphatic carbocycles. The van der Waals surface area contributed by atoms with Crippen molar-refractivity contribution in [1.29, 1.82) is 0 Å². The van der Waals surface area contributed by atoms with Gasteiger partial charge in [0.2, 0.25) is 5.03 Å². The summed E-state index contributed by atoms with van der Waals surface area (Å²) in [5.74, 6) is -0.815. The molecule has 5 aromatic rings. The smallest absolute Gasteiger partial charge is 0.303 e. The minimum atomic E-state index is -4.68. The number of anilines is 4. The fourth-order valence-electron chi connectivity index (χ4n) is 9.16. The molecule has 0 bridgehead atoms. The largest absolute Gasteiger partial charge is 0.381 e. The number of aromatic amines is 1. The van der Waals surface area contributed by atoms with Crippen molar-refractivity contribution in [2.45, 2.75) is 55.9 Å². The summed E-state index contributed by atoms with van der Waals surface area (Å²) in [6.07, 6.45) is 7.36. The predicted octanol–water partition coefficient (Wildman–Crippen LogP) is 7.74. The van der Waals surface area contributed by atoms with Gasteiger partial charge < -0.3 is 19.9 Å². The monoisotopic (exact) mass is 955 g/mol. The second-order valence-corrected chi connectivity index (χ2v) is 21.7. The maximum Gasteiger partial charge on any atom is 0.303 e. The average Bonchev–Trinajstić information content (AvgIpc) is 3.77. The summed E-state index contributed by atoms with van der Waals surface area (Å²) in [6.45, 7) is 9.85. The van der Waals surface area contributed by atoms with E-state index in [1.165, 1.54) is 39.8 Å². The number of halogens is 1. The van der Waals surface area contributed by atoms with Gasteiger partial charge in [-0.05, 0) is 109 Å². The van der Waals surface area contributed by atoms with Gasteiger partial charge in [-0.25, -0.2) is 18.1 Å². The Labute approximate surface area is 388 Å². The Bertz CT molecular complexity index is 3000. The molecule has 20 heteroatoms. The molecule has 5 heterocycles. The van der Waals surface area contributed by atoms with Crippen molar-refractivity contribution >= 4 is 88.9 Å². The van der Waals surface area contributed by atoms with E-state index in [0.717, 1.165) is 64.1 Å². The van der Waals surface area contributed by atoms with E-state index < -0.39 is 41.5 Å². The average molecular weight is 957 g/mol. The quantitative estimate of drug-likeness (QED) is 0.0808. The van der Waals surface area contributed by atoms with Gasteiger partial charge in [0.05, 0.1) is 26.8 Å². The van der Waals surface area contributed by atoms with Crippen LogP contribution in [0.25, 0.3) is 16.6 Å². The van der Waals surface area contributed by atoms with Gasteiger partial charge >= 0.3 is 10.0 Å². The number of nitro benzene ring substituents is 1. The molecule has 0 spiro atoms. The lowest BCUT2D eigenvalue weighted by atomic mass is 9.72. The van der Waals surface area contributed by atoms with Crippen molar-refractivity contribution in [2.24, 2.45) is 15.7 Å². The molecule has 0 atom stereocenters. The SMILES string of the molecule is CC1(C)CCC(CN2CCN(c3ccc(C(=O)NS(=O)(=O)c4ccc(NCC5CCOCC5)c([N+](=O)[O-])c4)c(N4C=NS(=O)(=O)c5nc6[nH]ccc6cc54)c3)CC2)=C(c2ccc(Cl)cc2)C1. The molecule has 4 aliphatic rings. The number of hydrogen-bond acceptors (Lipinski definition) is 13. The zero-order valence-electron chi connectivity index (χ0n) is 36.5. The summed E-state index contributed by atoms with van der Waals surface area (Å²) >= 11 is 6.25. The van der Waals surface area contributed by atoms with Crippen molar-refractivity contribution in [3.05, 3.63) is 111 Å². The molecule has 2 fully saturated rings. The molecule has 0 saturated carbocycles. The summed E-state index contributed by atoms with van der Waals surface area (Å²) in [6, 6.07) is 19.8. The maximum atomic E-state index is 14.3. The Morgan fingerprint density at radius 2 is 1.76 bits per heavy atom. The Kier molecular flexibility index (Phi) is 12.4. The minimum Gasteiger partial charge on any atom is -0.381 e. The van der Waals surface area contributed by atoms with Gasteiger partial charge in [0.1, 0.15) is 17.7 Å². The van der Waals surface area contributed by atoms with E-state index >= 15 is 0 Å². The van der Waals surface area contributed by atoms with E-state index in [2.05, 4.69) is 60.2 Å². The molecule has 66 heavy (non-hydrogen) atoms. The van der Waals surface area contributed by atoms with Crippen molar-refractivity contribution in [1.82, 2.24) is 19.6 Å². The van der Waals surface area contributed by atoms with Crippen LogP contribution in [0.15, 0.2) is 98.9 Å². The molecule has 2 saturated heterocycles. The number of nitrogens with one attached hydrogen (secondary N) is 3. The Morgan fingerprint density at radius 1 is 1.00 bits per heavy atom. The van der Waals surface area contributed by atoms with Crippen LogP contribution in [0.3, 0.4) is 0 Å². The number of rotatable bonds is 12. The molecule has 3 N–H and O–H groups in total. The van der Waals surface area contributed by atoms with Gasteiger partial charge in [-0.3, -0.25) is 24.7 Å². The number of H-pyrrole nitrogens is 1. The molecule has 2 aromatic heterocycles. The van der Waals surface area contributed by atoms with E-state index in [-0.39, 0.29) is 39.0 Å². The van der Waals surface area contributed by atoms with Crippen LogP contribution >= 0.6 is 11.6 Å². The zero-order chi connectivity index (χ0) is 46.4. The Hall–Kier alpha value is -5.86.